The molecule has 1 aliphatic heterocycles. The average molecular weight is 375 g/mol. The van der Waals surface area contributed by atoms with Gasteiger partial charge < -0.3 is 4.90 Å². The third-order valence-corrected chi connectivity index (χ3v) is 5.15. The van der Waals surface area contributed by atoms with E-state index >= 15 is 0 Å². The van der Waals surface area contributed by atoms with Crippen LogP contribution in [-0.2, 0) is 24.3 Å². The minimum absolute atomic E-state index is 0.100. The van der Waals surface area contributed by atoms with Gasteiger partial charge in [0.1, 0.15) is 6.54 Å². The Morgan fingerprint density at radius 2 is 1.79 bits per heavy atom. The molecular formula is C22H21N3O3. The van der Waals surface area contributed by atoms with E-state index < -0.39 is 5.69 Å². The molecule has 0 N–H and O–H groups in total. The third kappa shape index (κ3) is 2.97. The summed E-state index contributed by atoms with van der Waals surface area (Å²) >= 11 is 0. The van der Waals surface area contributed by atoms with Crippen LogP contribution in [-0.4, -0.2) is 21.6 Å². The number of anilines is 1. The number of rotatable bonds is 4. The lowest BCUT2D eigenvalue weighted by molar-refractivity contribution is -0.119. The van der Waals surface area contributed by atoms with Gasteiger partial charge in [-0.05, 0) is 36.6 Å². The summed E-state index contributed by atoms with van der Waals surface area (Å²) in [6.07, 6.45) is 3.33. The molecule has 2 heterocycles. The Morgan fingerprint density at radius 1 is 1.04 bits per heavy atom. The normalized spacial score (nSPS) is 13.4. The van der Waals surface area contributed by atoms with Crippen LogP contribution in [0.2, 0.25) is 0 Å². The zero-order valence-electron chi connectivity index (χ0n) is 15.5. The fourth-order valence-corrected chi connectivity index (χ4v) is 3.83. The first-order chi connectivity index (χ1) is 13.6. The van der Waals surface area contributed by atoms with E-state index in [1.165, 1.54) is 10.6 Å². The molecule has 6 heteroatoms. The molecule has 0 unspecified atom stereocenters. The second-order valence-corrected chi connectivity index (χ2v) is 6.87. The van der Waals surface area contributed by atoms with Crippen molar-refractivity contribution in [1.82, 2.24) is 9.13 Å². The summed E-state index contributed by atoms with van der Waals surface area (Å²) in [5.41, 5.74) is 1.64. The molecule has 6 nitrogen and oxygen atoms in total. The molecule has 0 radical (unpaired) electrons. The van der Waals surface area contributed by atoms with E-state index in [0.29, 0.717) is 17.4 Å². The van der Waals surface area contributed by atoms with Gasteiger partial charge in [-0.2, -0.15) is 0 Å². The molecule has 0 bridgehead atoms. The summed E-state index contributed by atoms with van der Waals surface area (Å²) in [6, 6.07) is 14.7. The fraction of sp³-hybridized carbons (Fsp3) is 0.227. The lowest BCUT2D eigenvalue weighted by atomic mass is 10.0. The molecule has 0 fully saturated rings. The van der Waals surface area contributed by atoms with Crippen molar-refractivity contribution in [1.29, 1.82) is 0 Å². The van der Waals surface area contributed by atoms with E-state index in [4.69, 9.17) is 0 Å². The highest BCUT2D eigenvalue weighted by Gasteiger charge is 2.24. The first-order valence-electron chi connectivity index (χ1n) is 9.33. The Hall–Kier alpha value is -3.41. The van der Waals surface area contributed by atoms with Crippen LogP contribution >= 0.6 is 0 Å². The average Bonchev–Trinajstić information content (AvgIpc) is 2.73. The van der Waals surface area contributed by atoms with Gasteiger partial charge in [-0.25, -0.2) is 4.79 Å². The smallest absolute Gasteiger partial charge is 0.311 e. The van der Waals surface area contributed by atoms with E-state index in [9.17, 15) is 14.4 Å². The molecule has 142 valence electrons. The van der Waals surface area contributed by atoms with Gasteiger partial charge in [-0.3, -0.25) is 18.7 Å². The number of aryl methyl sites for hydroxylation is 1. The number of amides is 1. The van der Waals surface area contributed by atoms with Gasteiger partial charge in [-0.15, -0.1) is 6.58 Å². The van der Waals surface area contributed by atoms with E-state index in [0.717, 1.165) is 28.7 Å². The standard InChI is InChI=1S/C22H21N3O3/c1-2-13-24-21(27)17-10-4-6-12-19(17)25(22(24)28)15-20(26)23-14-7-9-16-8-3-5-11-18(16)23/h2-6,8,10-12H,1,7,9,13-15H2. The van der Waals surface area contributed by atoms with Gasteiger partial charge in [-0.1, -0.05) is 36.4 Å². The first kappa shape index (κ1) is 18.0. The molecule has 0 aliphatic carbocycles. The van der Waals surface area contributed by atoms with Crippen molar-refractivity contribution < 1.29 is 4.79 Å². The maximum absolute atomic E-state index is 13.1. The monoisotopic (exact) mass is 375 g/mol. The number of para-hydroxylation sites is 2. The van der Waals surface area contributed by atoms with E-state index in [-0.39, 0.29) is 24.6 Å². The summed E-state index contributed by atoms with van der Waals surface area (Å²) in [4.78, 5) is 40.5. The molecule has 1 aromatic heterocycles. The Kier molecular flexibility index (Phi) is 4.69. The highest BCUT2D eigenvalue weighted by atomic mass is 16.2. The number of nitrogens with zero attached hydrogens (tertiary/aromatic N) is 3. The van der Waals surface area contributed by atoms with Crippen LogP contribution < -0.4 is 16.1 Å². The first-order valence-corrected chi connectivity index (χ1v) is 9.33. The van der Waals surface area contributed by atoms with Gasteiger partial charge in [0.15, 0.2) is 0 Å². The number of hydrogen-bond acceptors (Lipinski definition) is 3. The molecule has 0 atom stereocenters. The SMILES string of the molecule is C=CCn1c(=O)c2ccccc2n(CC(=O)N2CCCc3ccccc32)c1=O. The van der Waals surface area contributed by atoms with Crippen molar-refractivity contribution >= 4 is 22.5 Å². The van der Waals surface area contributed by atoms with Crippen LogP contribution in [0.5, 0.6) is 0 Å². The maximum atomic E-state index is 13.1. The van der Waals surface area contributed by atoms with Gasteiger partial charge >= 0.3 is 5.69 Å². The van der Waals surface area contributed by atoms with Crippen LogP contribution in [0.1, 0.15) is 12.0 Å². The third-order valence-electron chi connectivity index (χ3n) is 5.15. The highest BCUT2D eigenvalue weighted by molar-refractivity contribution is 5.95. The van der Waals surface area contributed by atoms with Crippen LogP contribution in [0.3, 0.4) is 0 Å². The summed E-state index contributed by atoms with van der Waals surface area (Å²) in [7, 11) is 0. The molecule has 0 spiro atoms. The van der Waals surface area contributed by atoms with Crippen molar-refractivity contribution in [2.24, 2.45) is 0 Å². The topological polar surface area (TPSA) is 64.3 Å². The molecule has 0 saturated heterocycles. The Labute approximate surface area is 161 Å². The van der Waals surface area contributed by atoms with Crippen LogP contribution in [0.15, 0.2) is 70.8 Å². The lowest BCUT2D eigenvalue weighted by Crippen LogP contribution is -2.44. The van der Waals surface area contributed by atoms with Gasteiger partial charge in [0.2, 0.25) is 5.91 Å². The van der Waals surface area contributed by atoms with Crippen molar-refractivity contribution in [3.63, 3.8) is 0 Å². The van der Waals surface area contributed by atoms with Crippen LogP contribution in [0, 0.1) is 0 Å². The number of carbonyl (C=O) groups excluding carboxylic acids is 1. The van der Waals surface area contributed by atoms with Gasteiger partial charge in [0, 0.05) is 18.8 Å². The van der Waals surface area contributed by atoms with Gasteiger partial charge in [0.05, 0.1) is 10.9 Å². The maximum Gasteiger partial charge on any atom is 0.332 e. The van der Waals surface area contributed by atoms with E-state index in [2.05, 4.69) is 6.58 Å². The quantitative estimate of drug-likeness (QED) is 0.658. The molecular weight excluding hydrogens is 354 g/mol. The van der Waals surface area contributed by atoms with Gasteiger partial charge in [0.25, 0.3) is 5.56 Å². The van der Waals surface area contributed by atoms with Crippen molar-refractivity contribution in [2.45, 2.75) is 25.9 Å². The molecule has 0 saturated carbocycles. The number of benzene rings is 2. The zero-order chi connectivity index (χ0) is 19.7. The lowest BCUT2D eigenvalue weighted by Gasteiger charge is -2.29. The Balaban J connectivity index is 1.81. The van der Waals surface area contributed by atoms with Crippen molar-refractivity contribution in [2.75, 3.05) is 11.4 Å². The van der Waals surface area contributed by atoms with Crippen LogP contribution in [0.25, 0.3) is 10.9 Å². The minimum atomic E-state index is -0.498. The largest absolute Gasteiger partial charge is 0.332 e. The summed E-state index contributed by atoms with van der Waals surface area (Å²) in [5, 5.41) is 0.413. The predicted molar refractivity (Wildman–Crippen MR) is 110 cm³/mol. The predicted octanol–water partition coefficient (Wildman–Crippen LogP) is 2.33. The van der Waals surface area contributed by atoms with Crippen molar-refractivity contribution in [3.8, 4) is 0 Å². The zero-order valence-corrected chi connectivity index (χ0v) is 15.5. The molecule has 4 rings (SSSR count). The Morgan fingerprint density at radius 3 is 2.61 bits per heavy atom. The second-order valence-electron chi connectivity index (χ2n) is 6.87. The molecule has 3 aromatic rings. The molecule has 28 heavy (non-hydrogen) atoms. The fourth-order valence-electron chi connectivity index (χ4n) is 3.83. The summed E-state index contributed by atoms with van der Waals surface area (Å²) in [6.45, 7) is 4.22. The number of hydrogen-bond donors (Lipinski definition) is 0. The summed E-state index contributed by atoms with van der Waals surface area (Å²) in [5.74, 6) is -0.164. The number of aromatic nitrogens is 2. The van der Waals surface area contributed by atoms with E-state index in [1.54, 1.807) is 29.2 Å². The second kappa shape index (κ2) is 7.31. The Bertz CT molecular complexity index is 1190. The number of carbonyl (C=O) groups is 1. The molecule has 1 aliphatic rings. The minimum Gasteiger partial charge on any atom is -0.311 e. The molecule has 1 amide bonds. The number of fused-ring (bicyclic) bond motifs is 2. The van der Waals surface area contributed by atoms with E-state index in [1.807, 2.05) is 24.3 Å². The highest BCUT2D eigenvalue weighted by Crippen LogP contribution is 2.27. The summed E-state index contributed by atoms with van der Waals surface area (Å²) < 4.78 is 2.51. The number of allylic oxidation sites excluding steroid dienone is 1. The van der Waals surface area contributed by atoms with Crippen molar-refractivity contribution in [3.05, 3.63) is 87.6 Å². The van der Waals surface area contributed by atoms with Crippen LogP contribution in [0.4, 0.5) is 5.69 Å². The molecule has 2 aromatic carbocycles.